The van der Waals surface area contributed by atoms with E-state index in [0.717, 1.165) is 15.8 Å². The number of nitrogens with zero attached hydrogens (tertiary/aromatic N) is 1. The van der Waals surface area contributed by atoms with Crippen molar-refractivity contribution in [3.8, 4) is 0 Å². The number of fused-ring (bicyclic) bond motifs is 1. The molecule has 0 saturated carbocycles. The van der Waals surface area contributed by atoms with E-state index in [0.29, 0.717) is 0 Å². The number of thioether (sulfide) groups is 2. The largest absolute Gasteiger partial charge is 0.450 e. The second kappa shape index (κ2) is 7.35. The topological polar surface area (TPSA) is 67.8 Å². The molecule has 1 N–H and O–H groups in total. The van der Waals surface area contributed by atoms with Crippen LogP contribution in [-0.4, -0.2) is 28.7 Å². The summed E-state index contributed by atoms with van der Waals surface area (Å²) < 4.78 is 5.47. The number of hydrogen-bond donors (Lipinski definition) is 1. The first-order valence-electron chi connectivity index (χ1n) is 6.08. The number of carbonyl (C=O) groups is 2. The molecule has 20 heavy (non-hydrogen) atoms. The predicted octanol–water partition coefficient (Wildman–Crippen LogP) is 2.93. The maximum atomic E-state index is 11.5. The maximum Gasteiger partial charge on any atom is 0.413 e. The van der Waals surface area contributed by atoms with Crippen LogP contribution in [0.3, 0.4) is 0 Å². The number of amides is 2. The minimum Gasteiger partial charge on any atom is -0.450 e. The van der Waals surface area contributed by atoms with Crippen molar-refractivity contribution in [2.45, 2.75) is 12.7 Å². The number of alkyl carbamates (subject to hydrolysis) is 1. The quantitative estimate of drug-likeness (QED) is 0.929. The highest BCUT2D eigenvalue weighted by atomic mass is 32.2. The average Bonchev–Trinajstić information content (AvgIpc) is 2.45. The number of imide groups is 1. The van der Waals surface area contributed by atoms with Crippen molar-refractivity contribution in [3.05, 3.63) is 29.8 Å². The zero-order chi connectivity index (χ0) is 14.4. The third kappa shape index (κ3) is 4.28. The summed E-state index contributed by atoms with van der Waals surface area (Å²) >= 11 is 2.92. The van der Waals surface area contributed by atoms with E-state index in [1.54, 1.807) is 18.7 Å². The number of ether oxygens (including phenoxy) is 1. The van der Waals surface area contributed by atoms with Crippen LogP contribution >= 0.6 is 23.5 Å². The van der Waals surface area contributed by atoms with Gasteiger partial charge in [-0.25, -0.2) is 9.79 Å². The smallest absolute Gasteiger partial charge is 0.413 e. The summed E-state index contributed by atoms with van der Waals surface area (Å²) in [5.74, 6) is 0.615. The molecule has 0 atom stereocenters. The molecule has 106 valence electrons. The van der Waals surface area contributed by atoms with Crippen LogP contribution in [0.4, 0.5) is 10.5 Å². The fourth-order valence-electron chi connectivity index (χ4n) is 1.53. The van der Waals surface area contributed by atoms with Gasteiger partial charge in [-0.05, 0) is 18.6 Å². The van der Waals surface area contributed by atoms with Crippen LogP contribution in [0.15, 0.2) is 29.3 Å². The van der Waals surface area contributed by atoms with E-state index in [-0.39, 0.29) is 18.3 Å². The first kappa shape index (κ1) is 14.9. The zero-order valence-corrected chi connectivity index (χ0v) is 12.6. The van der Waals surface area contributed by atoms with Crippen LogP contribution in [0.1, 0.15) is 12.5 Å². The number of para-hydroxylation sites is 1. The van der Waals surface area contributed by atoms with Crippen LogP contribution in [-0.2, 0) is 15.3 Å². The lowest BCUT2D eigenvalue weighted by molar-refractivity contribution is -0.117. The van der Waals surface area contributed by atoms with Gasteiger partial charge in [0.05, 0.1) is 18.0 Å². The van der Waals surface area contributed by atoms with E-state index in [9.17, 15) is 9.59 Å². The van der Waals surface area contributed by atoms with Crippen molar-refractivity contribution < 1.29 is 14.3 Å². The number of nitrogens with one attached hydrogen (secondary N) is 1. The maximum absolute atomic E-state index is 11.5. The summed E-state index contributed by atoms with van der Waals surface area (Å²) in [4.78, 5) is 27.1. The van der Waals surface area contributed by atoms with Crippen molar-refractivity contribution in [1.29, 1.82) is 0 Å². The zero-order valence-electron chi connectivity index (χ0n) is 10.9. The van der Waals surface area contributed by atoms with E-state index < -0.39 is 6.09 Å². The number of benzene rings is 1. The molecule has 5 nitrogen and oxygen atoms in total. The molecule has 1 heterocycles. The SMILES string of the molecule is CCOC(=O)NC(=O)CSC1=Nc2ccccc2CS1. The van der Waals surface area contributed by atoms with Gasteiger partial charge < -0.3 is 4.74 Å². The molecule has 0 fully saturated rings. The molecule has 0 aliphatic carbocycles. The first-order chi connectivity index (χ1) is 9.69. The van der Waals surface area contributed by atoms with Crippen molar-refractivity contribution in [2.75, 3.05) is 12.4 Å². The van der Waals surface area contributed by atoms with Crippen molar-refractivity contribution in [3.63, 3.8) is 0 Å². The Kier molecular flexibility index (Phi) is 5.49. The third-order valence-corrected chi connectivity index (χ3v) is 4.64. The van der Waals surface area contributed by atoms with Gasteiger partial charge in [0.2, 0.25) is 5.91 Å². The number of aliphatic imine (C=N–C) groups is 1. The number of rotatable bonds is 3. The van der Waals surface area contributed by atoms with Gasteiger partial charge in [0, 0.05) is 5.75 Å². The fraction of sp³-hybridized carbons (Fsp3) is 0.308. The van der Waals surface area contributed by atoms with Crippen molar-refractivity contribution in [2.24, 2.45) is 4.99 Å². The molecule has 2 rings (SSSR count). The second-order valence-corrected chi connectivity index (χ2v) is 6.04. The van der Waals surface area contributed by atoms with Gasteiger partial charge in [-0.15, -0.1) is 0 Å². The van der Waals surface area contributed by atoms with E-state index in [1.165, 1.54) is 17.3 Å². The monoisotopic (exact) mass is 310 g/mol. The molecule has 0 aromatic heterocycles. The molecule has 0 saturated heterocycles. The van der Waals surface area contributed by atoms with E-state index in [2.05, 4.69) is 15.0 Å². The van der Waals surface area contributed by atoms with E-state index in [1.807, 2.05) is 24.3 Å². The lowest BCUT2D eigenvalue weighted by Gasteiger charge is -2.13. The summed E-state index contributed by atoms with van der Waals surface area (Å²) in [5, 5.41) is 2.15. The number of hydrogen-bond acceptors (Lipinski definition) is 6. The first-order valence-corrected chi connectivity index (χ1v) is 8.05. The van der Waals surface area contributed by atoms with Gasteiger partial charge in [-0.3, -0.25) is 10.1 Å². The van der Waals surface area contributed by atoms with Crippen LogP contribution in [0, 0.1) is 0 Å². The second-order valence-electron chi connectivity index (χ2n) is 3.85. The Bertz CT molecular complexity index is 546. The Balaban J connectivity index is 1.85. The molecule has 0 radical (unpaired) electrons. The molecule has 1 aromatic rings. The van der Waals surface area contributed by atoms with Crippen LogP contribution in [0.5, 0.6) is 0 Å². The predicted molar refractivity (Wildman–Crippen MR) is 82.5 cm³/mol. The minimum atomic E-state index is -0.707. The summed E-state index contributed by atoms with van der Waals surface area (Å²) in [6.07, 6.45) is -0.707. The average molecular weight is 310 g/mol. The van der Waals surface area contributed by atoms with Crippen LogP contribution < -0.4 is 5.32 Å². The summed E-state index contributed by atoms with van der Waals surface area (Å²) in [7, 11) is 0. The standard InChI is InChI=1S/C13H14N2O3S2/c1-2-18-12(17)15-11(16)8-20-13-14-10-6-4-3-5-9(10)7-19-13/h3-6H,2,7-8H2,1H3,(H,15,16,17). The molecule has 7 heteroatoms. The van der Waals surface area contributed by atoms with E-state index in [4.69, 9.17) is 0 Å². The molecule has 0 unspecified atom stereocenters. The van der Waals surface area contributed by atoms with Crippen molar-refractivity contribution >= 4 is 45.6 Å². The van der Waals surface area contributed by atoms with E-state index >= 15 is 0 Å². The highest BCUT2D eigenvalue weighted by molar-refractivity contribution is 8.38. The normalized spacial score (nSPS) is 13.2. The highest BCUT2D eigenvalue weighted by Gasteiger charge is 2.15. The van der Waals surface area contributed by atoms with Crippen LogP contribution in [0.2, 0.25) is 0 Å². The van der Waals surface area contributed by atoms with Gasteiger partial charge >= 0.3 is 6.09 Å². The molecule has 1 aliphatic heterocycles. The summed E-state index contributed by atoms with van der Waals surface area (Å²) in [6.45, 7) is 1.93. The Labute approximate surface area is 125 Å². The highest BCUT2D eigenvalue weighted by Crippen LogP contribution is 2.34. The molecule has 0 bridgehead atoms. The Morgan fingerprint density at radius 3 is 3.05 bits per heavy atom. The Morgan fingerprint density at radius 1 is 1.45 bits per heavy atom. The van der Waals surface area contributed by atoms with Gasteiger partial charge in [0.15, 0.2) is 0 Å². The van der Waals surface area contributed by atoms with Gasteiger partial charge in [0.1, 0.15) is 4.38 Å². The number of carbonyl (C=O) groups excluding carboxylic acids is 2. The van der Waals surface area contributed by atoms with Gasteiger partial charge in [-0.2, -0.15) is 0 Å². The molecule has 1 aliphatic rings. The lowest BCUT2D eigenvalue weighted by Crippen LogP contribution is -2.32. The molecular formula is C13H14N2O3S2. The summed E-state index contributed by atoms with van der Waals surface area (Å²) in [6, 6.07) is 7.92. The Morgan fingerprint density at radius 2 is 2.25 bits per heavy atom. The molecule has 1 aromatic carbocycles. The molecule has 2 amide bonds. The molecular weight excluding hydrogens is 296 g/mol. The van der Waals surface area contributed by atoms with Crippen molar-refractivity contribution in [1.82, 2.24) is 5.32 Å². The third-order valence-electron chi connectivity index (χ3n) is 2.40. The Hall–Kier alpha value is -1.47. The lowest BCUT2D eigenvalue weighted by atomic mass is 10.2. The summed E-state index contributed by atoms with van der Waals surface area (Å²) in [5.41, 5.74) is 2.14. The fourth-order valence-corrected chi connectivity index (χ4v) is 3.39. The van der Waals surface area contributed by atoms with Gasteiger partial charge in [0.25, 0.3) is 0 Å². The van der Waals surface area contributed by atoms with Gasteiger partial charge in [-0.1, -0.05) is 41.7 Å². The minimum absolute atomic E-state index is 0.146. The molecule has 0 spiro atoms. The van der Waals surface area contributed by atoms with Crippen LogP contribution in [0.25, 0.3) is 0 Å².